The van der Waals surface area contributed by atoms with Gasteiger partial charge in [0, 0.05) is 25.3 Å². The Morgan fingerprint density at radius 3 is 2.67 bits per heavy atom. The van der Waals surface area contributed by atoms with E-state index in [-0.39, 0.29) is 5.91 Å². The normalized spacial score (nSPS) is 14.9. The minimum Gasteiger partial charge on any atom is -0.334 e. The van der Waals surface area contributed by atoms with Crippen molar-refractivity contribution in [3.05, 3.63) is 29.6 Å². The van der Waals surface area contributed by atoms with Crippen molar-refractivity contribution in [1.82, 2.24) is 9.88 Å². The topological polar surface area (TPSA) is 59.2 Å². The average molecular weight is 247 g/mol. The number of pyridine rings is 1. The molecule has 1 heterocycles. The SMILES string of the molecule is CC(C)CN(C(=O)c1ccc(CN)cn1)C1CC1. The lowest BCUT2D eigenvalue weighted by Gasteiger charge is -2.24. The summed E-state index contributed by atoms with van der Waals surface area (Å²) in [4.78, 5) is 18.6. The molecule has 98 valence electrons. The van der Waals surface area contributed by atoms with E-state index in [9.17, 15) is 4.79 Å². The van der Waals surface area contributed by atoms with E-state index in [1.165, 1.54) is 0 Å². The summed E-state index contributed by atoms with van der Waals surface area (Å²) in [5.74, 6) is 0.535. The third kappa shape index (κ3) is 3.07. The molecule has 18 heavy (non-hydrogen) atoms. The first-order chi connectivity index (χ1) is 8.61. The lowest BCUT2D eigenvalue weighted by Crippen LogP contribution is -2.36. The molecule has 1 aliphatic rings. The number of rotatable bonds is 5. The maximum atomic E-state index is 12.4. The fourth-order valence-corrected chi connectivity index (χ4v) is 2.00. The number of carbonyl (C=O) groups is 1. The number of aromatic nitrogens is 1. The Balaban J connectivity index is 2.11. The Morgan fingerprint density at radius 2 is 2.22 bits per heavy atom. The monoisotopic (exact) mass is 247 g/mol. The number of hydrogen-bond acceptors (Lipinski definition) is 3. The summed E-state index contributed by atoms with van der Waals surface area (Å²) in [5.41, 5.74) is 7.00. The molecule has 0 aromatic carbocycles. The zero-order chi connectivity index (χ0) is 13.1. The van der Waals surface area contributed by atoms with Gasteiger partial charge in [0.25, 0.3) is 5.91 Å². The molecule has 0 atom stereocenters. The van der Waals surface area contributed by atoms with E-state index in [1.54, 1.807) is 12.3 Å². The van der Waals surface area contributed by atoms with E-state index in [1.807, 2.05) is 11.0 Å². The highest BCUT2D eigenvalue weighted by molar-refractivity contribution is 5.92. The first kappa shape index (κ1) is 13.0. The van der Waals surface area contributed by atoms with E-state index in [4.69, 9.17) is 5.73 Å². The van der Waals surface area contributed by atoms with Gasteiger partial charge < -0.3 is 10.6 Å². The summed E-state index contributed by atoms with van der Waals surface area (Å²) in [6.07, 6.45) is 3.94. The Hall–Kier alpha value is -1.42. The molecule has 1 amide bonds. The lowest BCUT2D eigenvalue weighted by molar-refractivity contribution is 0.0716. The highest BCUT2D eigenvalue weighted by Crippen LogP contribution is 2.28. The lowest BCUT2D eigenvalue weighted by atomic mass is 10.2. The summed E-state index contributed by atoms with van der Waals surface area (Å²) >= 11 is 0. The molecule has 0 bridgehead atoms. The van der Waals surface area contributed by atoms with Crippen molar-refractivity contribution < 1.29 is 4.79 Å². The number of nitrogens with two attached hydrogens (primary N) is 1. The molecule has 1 aromatic rings. The van der Waals surface area contributed by atoms with Crippen LogP contribution in [0.1, 0.15) is 42.7 Å². The number of nitrogens with zero attached hydrogens (tertiary/aromatic N) is 2. The second-order valence-electron chi connectivity index (χ2n) is 5.34. The van der Waals surface area contributed by atoms with Gasteiger partial charge in [0.1, 0.15) is 5.69 Å². The van der Waals surface area contributed by atoms with Crippen molar-refractivity contribution in [2.45, 2.75) is 39.3 Å². The Bertz CT molecular complexity index is 410. The number of carbonyl (C=O) groups excluding carboxylic acids is 1. The summed E-state index contributed by atoms with van der Waals surface area (Å²) in [6, 6.07) is 4.08. The molecule has 0 spiro atoms. The molecule has 0 aliphatic heterocycles. The van der Waals surface area contributed by atoms with Crippen LogP contribution in [0.3, 0.4) is 0 Å². The molecule has 0 saturated heterocycles. The van der Waals surface area contributed by atoms with Crippen LogP contribution in [0, 0.1) is 5.92 Å². The third-order valence-corrected chi connectivity index (χ3v) is 3.09. The molecule has 1 aromatic heterocycles. The quantitative estimate of drug-likeness (QED) is 0.863. The molecular formula is C14H21N3O. The van der Waals surface area contributed by atoms with E-state index >= 15 is 0 Å². The Kier molecular flexibility index (Phi) is 3.97. The van der Waals surface area contributed by atoms with Crippen LogP contribution in [-0.2, 0) is 6.54 Å². The van der Waals surface area contributed by atoms with Gasteiger partial charge in [0.05, 0.1) is 0 Å². The molecular weight excluding hydrogens is 226 g/mol. The number of amides is 1. The standard InChI is InChI=1S/C14H21N3O/c1-10(2)9-17(12-4-5-12)14(18)13-6-3-11(7-15)8-16-13/h3,6,8,10,12H,4-5,7,9,15H2,1-2H3. The van der Waals surface area contributed by atoms with Crippen molar-refractivity contribution in [2.75, 3.05) is 6.54 Å². The fourth-order valence-electron chi connectivity index (χ4n) is 2.00. The summed E-state index contributed by atoms with van der Waals surface area (Å²) in [5, 5.41) is 0. The predicted molar refractivity (Wildman–Crippen MR) is 71.0 cm³/mol. The van der Waals surface area contributed by atoms with Crippen LogP contribution in [0.25, 0.3) is 0 Å². The molecule has 4 heteroatoms. The minimum atomic E-state index is 0.0507. The zero-order valence-electron chi connectivity index (χ0n) is 11.1. The van der Waals surface area contributed by atoms with Crippen LogP contribution < -0.4 is 5.73 Å². The molecule has 1 saturated carbocycles. The second-order valence-corrected chi connectivity index (χ2v) is 5.34. The van der Waals surface area contributed by atoms with Crippen molar-refractivity contribution in [3.63, 3.8) is 0 Å². The van der Waals surface area contributed by atoms with E-state index in [2.05, 4.69) is 18.8 Å². The third-order valence-electron chi connectivity index (χ3n) is 3.09. The van der Waals surface area contributed by atoms with Gasteiger partial charge in [-0.05, 0) is 30.4 Å². The Labute approximate surface area is 108 Å². The highest BCUT2D eigenvalue weighted by Gasteiger charge is 2.33. The first-order valence-corrected chi connectivity index (χ1v) is 6.57. The van der Waals surface area contributed by atoms with Crippen molar-refractivity contribution >= 4 is 5.91 Å². The fraction of sp³-hybridized carbons (Fsp3) is 0.571. The van der Waals surface area contributed by atoms with Crippen LogP contribution >= 0.6 is 0 Å². The first-order valence-electron chi connectivity index (χ1n) is 6.57. The van der Waals surface area contributed by atoms with Gasteiger partial charge in [0.15, 0.2) is 0 Å². The molecule has 2 N–H and O–H groups in total. The molecule has 1 aliphatic carbocycles. The van der Waals surface area contributed by atoms with Crippen molar-refractivity contribution in [2.24, 2.45) is 11.7 Å². The molecule has 4 nitrogen and oxygen atoms in total. The highest BCUT2D eigenvalue weighted by atomic mass is 16.2. The Morgan fingerprint density at radius 1 is 1.50 bits per heavy atom. The van der Waals surface area contributed by atoms with Crippen molar-refractivity contribution in [1.29, 1.82) is 0 Å². The maximum Gasteiger partial charge on any atom is 0.272 e. The van der Waals surface area contributed by atoms with E-state index in [0.29, 0.717) is 24.2 Å². The van der Waals surface area contributed by atoms with Gasteiger partial charge in [0.2, 0.25) is 0 Å². The molecule has 0 unspecified atom stereocenters. The van der Waals surface area contributed by atoms with E-state index < -0.39 is 0 Å². The smallest absolute Gasteiger partial charge is 0.272 e. The van der Waals surface area contributed by atoms with Crippen LogP contribution in [0.15, 0.2) is 18.3 Å². The van der Waals surface area contributed by atoms with Gasteiger partial charge in [-0.1, -0.05) is 19.9 Å². The van der Waals surface area contributed by atoms with Gasteiger partial charge in [-0.3, -0.25) is 9.78 Å². The average Bonchev–Trinajstić information content (AvgIpc) is 3.19. The largest absolute Gasteiger partial charge is 0.334 e. The summed E-state index contributed by atoms with van der Waals surface area (Å²) in [7, 11) is 0. The molecule has 2 rings (SSSR count). The maximum absolute atomic E-state index is 12.4. The van der Waals surface area contributed by atoms with Crippen molar-refractivity contribution in [3.8, 4) is 0 Å². The second kappa shape index (κ2) is 5.48. The van der Waals surface area contributed by atoms with Gasteiger partial charge in [-0.2, -0.15) is 0 Å². The van der Waals surface area contributed by atoms with Crippen LogP contribution in [-0.4, -0.2) is 28.4 Å². The summed E-state index contributed by atoms with van der Waals surface area (Å²) in [6.45, 7) is 5.53. The van der Waals surface area contributed by atoms with Crippen LogP contribution in [0.2, 0.25) is 0 Å². The van der Waals surface area contributed by atoms with Crippen LogP contribution in [0.5, 0.6) is 0 Å². The molecule has 0 radical (unpaired) electrons. The molecule has 1 fully saturated rings. The van der Waals surface area contributed by atoms with Gasteiger partial charge in [-0.15, -0.1) is 0 Å². The zero-order valence-corrected chi connectivity index (χ0v) is 11.1. The van der Waals surface area contributed by atoms with Gasteiger partial charge >= 0.3 is 0 Å². The summed E-state index contributed by atoms with van der Waals surface area (Å²) < 4.78 is 0. The predicted octanol–water partition coefficient (Wildman–Crippen LogP) is 1.80. The minimum absolute atomic E-state index is 0.0507. The van der Waals surface area contributed by atoms with Crippen LogP contribution in [0.4, 0.5) is 0 Å². The van der Waals surface area contributed by atoms with Gasteiger partial charge in [-0.25, -0.2) is 0 Å². The van der Waals surface area contributed by atoms with E-state index in [0.717, 1.165) is 24.9 Å². The number of hydrogen-bond donors (Lipinski definition) is 1.